The first-order chi connectivity index (χ1) is 16.3. The van der Waals surface area contributed by atoms with Crippen LogP contribution >= 0.6 is 11.6 Å². The van der Waals surface area contributed by atoms with Crippen molar-refractivity contribution in [2.75, 3.05) is 6.61 Å². The average molecular weight is 486 g/mol. The zero-order valence-electron chi connectivity index (χ0n) is 18.1. The molecular weight excluding hydrogens is 464 g/mol. The van der Waals surface area contributed by atoms with Gasteiger partial charge in [-0.3, -0.25) is 9.59 Å². The zero-order chi connectivity index (χ0) is 24.5. The van der Waals surface area contributed by atoms with Crippen molar-refractivity contribution in [1.82, 2.24) is 4.90 Å². The number of ether oxygens (including phenoxy) is 1. The maximum Gasteiger partial charge on any atom is 0.416 e. The van der Waals surface area contributed by atoms with E-state index in [4.69, 9.17) is 16.3 Å². The van der Waals surface area contributed by atoms with Crippen LogP contribution in [-0.4, -0.2) is 34.8 Å². The summed E-state index contributed by atoms with van der Waals surface area (Å²) in [4.78, 5) is 35.9. The van der Waals surface area contributed by atoms with Crippen molar-refractivity contribution in [3.8, 4) is 0 Å². The van der Waals surface area contributed by atoms with Gasteiger partial charge in [0.2, 0.25) is 11.1 Å². The van der Waals surface area contributed by atoms with Crippen LogP contribution in [0.2, 0.25) is 0 Å². The van der Waals surface area contributed by atoms with Crippen molar-refractivity contribution in [2.45, 2.75) is 25.3 Å². The Bertz CT molecular complexity index is 1120. The molecule has 5 nitrogen and oxygen atoms in total. The minimum Gasteiger partial charge on any atom is -0.447 e. The summed E-state index contributed by atoms with van der Waals surface area (Å²) in [6.07, 6.45) is 0.141. The first-order valence-corrected chi connectivity index (χ1v) is 10.9. The second-order valence-corrected chi connectivity index (χ2v) is 8.07. The fraction of sp³-hybridized carbons (Fsp3) is 0.192. The number of carbonyl (C=O) groups excluding carboxylic acids is 3. The molecular formula is C26H22ClF2NO4. The lowest BCUT2D eigenvalue weighted by atomic mass is 10.0. The summed E-state index contributed by atoms with van der Waals surface area (Å²) in [5.41, 5.74) is 2.43. The average Bonchev–Trinajstić information content (AvgIpc) is 3.17. The minimum absolute atomic E-state index is 0.0423. The van der Waals surface area contributed by atoms with Crippen LogP contribution in [0.3, 0.4) is 0 Å². The van der Waals surface area contributed by atoms with E-state index in [1.54, 1.807) is 12.1 Å². The van der Waals surface area contributed by atoms with Crippen LogP contribution in [0.4, 0.5) is 13.6 Å². The lowest BCUT2D eigenvalue weighted by Gasteiger charge is -2.19. The second-order valence-electron chi connectivity index (χ2n) is 7.65. The Morgan fingerprint density at radius 3 is 1.88 bits per heavy atom. The van der Waals surface area contributed by atoms with Crippen LogP contribution in [-0.2, 0) is 33.6 Å². The van der Waals surface area contributed by atoms with Crippen LogP contribution in [0.15, 0.2) is 78.9 Å². The van der Waals surface area contributed by atoms with Gasteiger partial charge in [-0.05, 0) is 59.0 Å². The molecule has 0 unspecified atom stereocenters. The zero-order valence-corrected chi connectivity index (χ0v) is 18.9. The Morgan fingerprint density at radius 1 is 0.824 bits per heavy atom. The topological polar surface area (TPSA) is 63.7 Å². The molecule has 0 N–H and O–H groups in total. The molecule has 0 bridgehead atoms. The van der Waals surface area contributed by atoms with E-state index in [0.717, 1.165) is 11.1 Å². The van der Waals surface area contributed by atoms with Crippen molar-refractivity contribution in [3.05, 3.63) is 107 Å². The van der Waals surface area contributed by atoms with Gasteiger partial charge < -0.3 is 4.74 Å². The van der Waals surface area contributed by atoms with Gasteiger partial charge in [0, 0.05) is 6.42 Å². The van der Waals surface area contributed by atoms with Gasteiger partial charge >= 0.3 is 6.09 Å². The van der Waals surface area contributed by atoms with E-state index in [-0.39, 0.29) is 43.0 Å². The smallest absolute Gasteiger partial charge is 0.416 e. The molecule has 1 aliphatic rings. The van der Waals surface area contributed by atoms with E-state index in [2.05, 4.69) is 0 Å². The number of carbonyl (C=O) groups is 3. The number of hydrogen-bond acceptors (Lipinski definition) is 4. The lowest BCUT2D eigenvalue weighted by molar-refractivity contribution is -0.128. The molecule has 0 saturated carbocycles. The van der Waals surface area contributed by atoms with Crippen LogP contribution in [0.5, 0.6) is 0 Å². The fourth-order valence-electron chi connectivity index (χ4n) is 3.43. The molecule has 0 aliphatic carbocycles. The molecule has 2 amide bonds. The molecule has 3 aromatic rings. The molecule has 1 fully saturated rings. The molecule has 1 atom stereocenters. The monoisotopic (exact) mass is 485 g/mol. The lowest BCUT2D eigenvalue weighted by Crippen LogP contribution is -2.41. The molecule has 1 aliphatic heterocycles. The Labute approximate surface area is 200 Å². The molecule has 4 rings (SSSR count). The first-order valence-electron chi connectivity index (χ1n) is 10.5. The Kier molecular flexibility index (Phi) is 8.87. The molecule has 3 aromatic carbocycles. The highest BCUT2D eigenvalue weighted by atomic mass is 35.5. The maximum atomic E-state index is 12.9. The molecule has 1 saturated heterocycles. The fourth-order valence-corrected chi connectivity index (χ4v) is 3.58. The van der Waals surface area contributed by atoms with E-state index in [0.29, 0.717) is 12.0 Å². The third kappa shape index (κ3) is 7.49. The summed E-state index contributed by atoms with van der Waals surface area (Å²) in [6, 6.07) is 20.7. The summed E-state index contributed by atoms with van der Waals surface area (Å²) in [6.45, 7) is 0.197. The summed E-state index contributed by atoms with van der Waals surface area (Å²) >= 11 is 5.12. The Balaban J connectivity index is 0.000000248. The van der Waals surface area contributed by atoms with E-state index >= 15 is 0 Å². The molecule has 0 spiro atoms. The van der Waals surface area contributed by atoms with Gasteiger partial charge in [-0.25, -0.2) is 18.5 Å². The van der Waals surface area contributed by atoms with Gasteiger partial charge in [0.15, 0.2) is 0 Å². The summed E-state index contributed by atoms with van der Waals surface area (Å²) < 4.78 is 30.3. The SMILES string of the molecule is O=C(Cc1ccc(F)cc1)N1C(=O)OC[C@@H]1Cc1ccccc1.O=C(Cl)Cc1ccc(F)cc1. The van der Waals surface area contributed by atoms with Crippen molar-refractivity contribution < 1.29 is 27.9 Å². The van der Waals surface area contributed by atoms with Gasteiger partial charge in [-0.15, -0.1) is 0 Å². The minimum atomic E-state index is -0.613. The maximum absolute atomic E-state index is 12.9. The predicted molar refractivity (Wildman–Crippen MR) is 123 cm³/mol. The number of hydrogen-bond donors (Lipinski definition) is 0. The molecule has 0 aromatic heterocycles. The molecule has 1 heterocycles. The highest BCUT2D eigenvalue weighted by Gasteiger charge is 2.37. The molecule has 0 radical (unpaired) electrons. The van der Waals surface area contributed by atoms with Crippen molar-refractivity contribution in [1.29, 1.82) is 0 Å². The number of amides is 2. The number of cyclic esters (lactones) is 1. The highest BCUT2D eigenvalue weighted by Crippen LogP contribution is 2.19. The second kappa shape index (κ2) is 12.0. The number of imide groups is 1. The number of nitrogens with zero attached hydrogens (tertiary/aromatic N) is 1. The van der Waals surface area contributed by atoms with E-state index < -0.39 is 11.3 Å². The third-order valence-electron chi connectivity index (χ3n) is 5.07. The Morgan fingerprint density at radius 2 is 1.35 bits per heavy atom. The number of halogens is 3. The quantitative estimate of drug-likeness (QED) is 0.456. The molecule has 176 valence electrons. The number of rotatable bonds is 6. The largest absolute Gasteiger partial charge is 0.447 e. The van der Waals surface area contributed by atoms with Gasteiger partial charge in [-0.1, -0.05) is 54.6 Å². The van der Waals surface area contributed by atoms with E-state index in [1.165, 1.54) is 41.3 Å². The van der Waals surface area contributed by atoms with Crippen molar-refractivity contribution in [3.63, 3.8) is 0 Å². The third-order valence-corrected chi connectivity index (χ3v) is 5.20. The summed E-state index contributed by atoms with van der Waals surface area (Å²) in [5, 5.41) is -0.434. The van der Waals surface area contributed by atoms with Gasteiger partial charge in [-0.2, -0.15) is 0 Å². The first kappa shape index (κ1) is 25.1. The van der Waals surface area contributed by atoms with Crippen LogP contribution in [0, 0.1) is 11.6 Å². The normalized spacial score (nSPS) is 14.7. The Hall–Kier alpha value is -3.58. The standard InChI is InChI=1S/C18H16FNO3.C8H6ClFO/c19-15-8-6-14(7-9-15)11-17(21)20-16(12-23-18(20)22)10-13-4-2-1-3-5-13;9-8(11)5-6-1-3-7(10)4-2-6/h1-9,16H,10-12H2;1-4H,5H2/t16-;/m0./s1. The van der Waals surface area contributed by atoms with Gasteiger partial charge in [0.25, 0.3) is 0 Å². The molecule has 34 heavy (non-hydrogen) atoms. The summed E-state index contributed by atoms with van der Waals surface area (Å²) in [7, 11) is 0. The molecule has 8 heteroatoms. The van der Waals surface area contributed by atoms with Gasteiger partial charge in [0.1, 0.15) is 18.2 Å². The van der Waals surface area contributed by atoms with E-state index in [9.17, 15) is 23.2 Å². The van der Waals surface area contributed by atoms with Crippen molar-refractivity contribution >= 4 is 28.8 Å². The number of benzene rings is 3. The predicted octanol–water partition coefficient (Wildman–Crippen LogP) is 5.09. The van der Waals surface area contributed by atoms with E-state index in [1.807, 2.05) is 30.3 Å². The highest BCUT2D eigenvalue weighted by molar-refractivity contribution is 6.63. The van der Waals surface area contributed by atoms with Crippen molar-refractivity contribution in [2.24, 2.45) is 0 Å². The van der Waals surface area contributed by atoms with Gasteiger partial charge in [0.05, 0.1) is 12.5 Å². The van der Waals surface area contributed by atoms with Crippen LogP contribution in [0.25, 0.3) is 0 Å². The summed E-state index contributed by atoms with van der Waals surface area (Å²) in [5.74, 6) is -1.00. The van der Waals surface area contributed by atoms with Crippen LogP contribution in [0.1, 0.15) is 16.7 Å². The van der Waals surface area contributed by atoms with Crippen LogP contribution < -0.4 is 0 Å².